The molecule has 0 aliphatic heterocycles. The molecule has 270 valence electrons. The number of nitrogens with zero attached hydrogens (tertiary/aromatic N) is 4. The van der Waals surface area contributed by atoms with E-state index in [-0.39, 0.29) is 0 Å². The molecule has 0 amide bonds. The molecular weight excluding hydrogens is 745 g/mol. The van der Waals surface area contributed by atoms with E-state index in [0.29, 0.717) is 17.5 Å². The third kappa shape index (κ3) is 5.34. The van der Waals surface area contributed by atoms with Crippen LogP contribution in [0.4, 0.5) is 0 Å². The van der Waals surface area contributed by atoms with E-state index < -0.39 is 0 Å². The lowest BCUT2D eigenvalue weighted by molar-refractivity contribution is 1.07. The van der Waals surface area contributed by atoms with Crippen molar-refractivity contribution in [2.75, 3.05) is 0 Å². The van der Waals surface area contributed by atoms with Gasteiger partial charge in [-0.25, -0.2) is 19.9 Å². The summed E-state index contributed by atoms with van der Waals surface area (Å²) in [5, 5.41) is 8.67. The van der Waals surface area contributed by atoms with Crippen molar-refractivity contribution in [3.63, 3.8) is 0 Å². The van der Waals surface area contributed by atoms with Gasteiger partial charge in [-0.1, -0.05) is 158 Å². The Bertz CT molecular complexity index is 3560. The van der Waals surface area contributed by atoms with Gasteiger partial charge in [-0.05, 0) is 35.4 Å². The summed E-state index contributed by atoms with van der Waals surface area (Å²) in [5.74, 6) is 1.96. The van der Waals surface area contributed by atoms with Crippen LogP contribution in [0.25, 0.3) is 119 Å². The van der Waals surface area contributed by atoms with E-state index in [4.69, 9.17) is 19.9 Å². The maximum absolute atomic E-state index is 5.20. The van der Waals surface area contributed by atoms with Gasteiger partial charge < -0.3 is 0 Å². The molecule has 0 N–H and O–H groups in total. The van der Waals surface area contributed by atoms with Gasteiger partial charge >= 0.3 is 0 Å². The highest BCUT2D eigenvalue weighted by atomic mass is 32.1. The maximum Gasteiger partial charge on any atom is 0.164 e. The van der Waals surface area contributed by atoms with Crippen molar-refractivity contribution in [1.82, 2.24) is 19.9 Å². The van der Waals surface area contributed by atoms with Gasteiger partial charge in [0.15, 0.2) is 17.5 Å². The molecule has 0 radical (unpaired) electrons. The second-order valence-corrected chi connectivity index (χ2v) is 16.7. The van der Waals surface area contributed by atoms with Crippen LogP contribution in [-0.2, 0) is 0 Å². The quantitative estimate of drug-likeness (QED) is 0.163. The molecule has 4 aromatic heterocycles. The Labute approximate surface area is 341 Å². The van der Waals surface area contributed by atoms with Crippen LogP contribution in [-0.4, -0.2) is 19.9 Å². The van der Waals surface area contributed by atoms with Crippen LogP contribution in [0.5, 0.6) is 0 Å². The first-order chi connectivity index (χ1) is 28.7. The number of hydrogen-bond donors (Lipinski definition) is 0. The summed E-state index contributed by atoms with van der Waals surface area (Å²) >= 11 is 3.66. The van der Waals surface area contributed by atoms with Gasteiger partial charge in [0.2, 0.25) is 0 Å². The average molecular weight is 775 g/mol. The fraction of sp³-hybridized carbons (Fsp3) is 0. The molecule has 0 aliphatic carbocycles. The Morgan fingerprint density at radius 2 is 0.897 bits per heavy atom. The van der Waals surface area contributed by atoms with Crippen LogP contribution >= 0.6 is 22.7 Å². The summed E-state index contributed by atoms with van der Waals surface area (Å²) in [6, 6.07) is 64.3. The standard InChI is InChI=1S/C52H30N4S2/c1-3-12-32(13-4-1)48-40-28-29-44-47(46(40)39-17-7-9-20-42(39)53-48)41-19-11-18-36(49(41)58-44)31-22-24-34(25-23-31)51-54-50(33-14-5-2-6-15-33)55-52(56-51)35-26-27-38-37-16-8-10-21-43(37)57-45(38)30-35/h1-30H. The molecule has 0 aliphatic rings. The molecular formula is C52H30N4S2. The highest BCUT2D eigenvalue weighted by Crippen LogP contribution is 2.46. The van der Waals surface area contributed by atoms with E-state index in [9.17, 15) is 0 Å². The van der Waals surface area contributed by atoms with Gasteiger partial charge in [-0.2, -0.15) is 0 Å². The van der Waals surface area contributed by atoms with E-state index in [1.54, 1.807) is 11.3 Å². The number of pyridine rings is 1. The van der Waals surface area contributed by atoms with Gasteiger partial charge in [0.05, 0.1) is 11.2 Å². The van der Waals surface area contributed by atoms with Gasteiger partial charge in [-0.3, -0.25) is 0 Å². The number of rotatable bonds is 5. The lowest BCUT2D eigenvalue weighted by Crippen LogP contribution is -2.00. The molecule has 0 saturated heterocycles. The topological polar surface area (TPSA) is 51.6 Å². The largest absolute Gasteiger partial charge is 0.247 e. The molecule has 58 heavy (non-hydrogen) atoms. The zero-order valence-corrected chi connectivity index (χ0v) is 32.6. The molecule has 0 unspecified atom stereocenters. The number of aromatic nitrogens is 4. The van der Waals surface area contributed by atoms with Gasteiger partial charge in [0, 0.05) is 78.8 Å². The Morgan fingerprint density at radius 1 is 0.310 bits per heavy atom. The molecule has 12 rings (SSSR count). The van der Waals surface area contributed by atoms with Crippen LogP contribution in [0, 0.1) is 0 Å². The zero-order valence-electron chi connectivity index (χ0n) is 30.9. The first-order valence-corrected chi connectivity index (χ1v) is 20.9. The monoisotopic (exact) mass is 774 g/mol. The fourth-order valence-corrected chi connectivity index (χ4v) is 10.8. The van der Waals surface area contributed by atoms with Gasteiger partial charge in [0.1, 0.15) is 0 Å². The van der Waals surface area contributed by atoms with Crippen molar-refractivity contribution in [2.24, 2.45) is 0 Å². The van der Waals surface area contributed by atoms with Crippen molar-refractivity contribution in [2.45, 2.75) is 0 Å². The highest BCUT2D eigenvalue weighted by Gasteiger charge is 2.19. The van der Waals surface area contributed by atoms with Crippen LogP contribution in [0.3, 0.4) is 0 Å². The SMILES string of the molecule is c1ccc(-c2nc(-c3ccc(-c4cccc5c4sc4ccc6c(-c7ccccc7)nc7ccccc7c6c45)cc3)nc(-c3ccc4c(c3)sc3ccccc34)n2)cc1. The third-order valence-electron chi connectivity index (χ3n) is 11.1. The second kappa shape index (κ2) is 13.2. The third-order valence-corrected chi connectivity index (χ3v) is 13.5. The maximum atomic E-state index is 5.20. The summed E-state index contributed by atoms with van der Waals surface area (Å²) in [4.78, 5) is 20.4. The van der Waals surface area contributed by atoms with E-state index in [0.717, 1.165) is 39.0 Å². The fourth-order valence-electron chi connectivity index (χ4n) is 8.39. The van der Waals surface area contributed by atoms with E-state index in [2.05, 4.69) is 164 Å². The summed E-state index contributed by atoms with van der Waals surface area (Å²) in [7, 11) is 0. The predicted octanol–water partition coefficient (Wildman–Crippen LogP) is 14.6. The smallest absolute Gasteiger partial charge is 0.164 e. The first-order valence-electron chi connectivity index (χ1n) is 19.3. The minimum Gasteiger partial charge on any atom is -0.247 e. The van der Waals surface area contributed by atoms with E-state index in [1.807, 2.05) is 29.5 Å². The van der Waals surface area contributed by atoms with Crippen LogP contribution < -0.4 is 0 Å². The Kier molecular flexibility index (Phi) is 7.55. The normalized spacial score (nSPS) is 11.8. The second-order valence-electron chi connectivity index (χ2n) is 14.5. The number of thiophene rings is 2. The lowest BCUT2D eigenvalue weighted by Gasteiger charge is -2.11. The van der Waals surface area contributed by atoms with Crippen molar-refractivity contribution < 1.29 is 0 Å². The molecule has 0 saturated carbocycles. The van der Waals surface area contributed by atoms with Crippen molar-refractivity contribution >= 4 is 84.7 Å². The van der Waals surface area contributed by atoms with Crippen molar-refractivity contribution in [1.29, 1.82) is 0 Å². The molecule has 0 fully saturated rings. The number of benzene rings is 8. The molecule has 12 aromatic rings. The van der Waals surface area contributed by atoms with Crippen LogP contribution in [0.1, 0.15) is 0 Å². The molecule has 4 heterocycles. The van der Waals surface area contributed by atoms with Gasteiger partial charge in [-0.15, -0.1) is 22.7 Å². The van der Waals surface area contributed by atoms with Crippen molar-refractivity contribution in [3.8, 4) is 56.5 Å². The summed E-state index contributed by atoms with van der Waals surface area (Å²) in [5.41, 5.74) is 8.36. The van der Waals surface area contributed by atoms with Gasteiger partial charge in [0.25, 0.3) is 0 Å². The Hall–Kier alpha value is -7.12. The Balaban J connectivity index is 0.988. The predicted molar refractivity (Wildman–Crippen MR) is 246 cm³/mol. The zero-order chi connectivity index (χ0) is 38.2. The number of fused-ring (bicyclic) bond motifs is 10. The van der Waals surface area contributed by atoms with Crippen molar-refractivity contribution in [3.05, 3.63) is 182 Å². The van der Waals surface area contributed by atoms with Crippen LogP contribution in [0.15, 0.2) is 182 Å². The lowest BCUT2D eigenvalue weighted by atomic mass is 9.95. The number of para-hydroxylation sites is 1. The molecule has 4 nitrogen and oxygen atoms in total. The molecule has 8 aromatic carbocycles. The summed E-state index contributed by atoms with van der Waals surface area (Å²) in [6.07, 6.45) is 0. The first kappa shape index (κ1) is 33.1. The minimum atomic E-state index is 0.646. The minimum absolute atomic E-state index is 0.646. The van der Waals surface area contributed by atoms with E-state index >= 15 is 0 Å². The van der Waals surface area contributed by atoms with E-state index in [1.165, 1.54) is 62.1 Å². The summed E-state index contributed by atoms with van der Waals surface area (Å²) < 4.78 is 5.03. The molecule has 0 spiro atoms. The Morgan fingerprint density at radius 3 is 1.69 bits per heavy atom. The number of hydrogen-bond acceptors (Lipinski definition) is 6. The van der Waals surface area contributed by atoms with Crippen LogP contribution in [0.2, 0.25) is 0 Å². The summed E-state index contributed by atoms with van der Waals surface area (Å²) in [6.45, 7) is 0. The molecule has 0 atom stereocenters. The molecule has 6 heteroatoms. The average Bonchev–Trinajstić information content (AvgIpc) is 3.87. The molecule has 0 bridgehead atoms. The highest BCUT2D eigenvalue weighted by molar-refractivity contribution is 7.26.